The average Bonchev–Trinajstić information content (AvgIpc) is 3.31. The Morgan fingerprint density at radius 3 is 2.62 bits per heavy atom. The van der Waals surface area contributed by atoms with E-state index in [2.05, 4.69) is 15.1 Å². The summed E-state index contributed by atoms with van der Waals surface area (Å²) in [7, 11) is 5.85. The zero-order valence-corrected chi connectivity index (χ0v) is 20.6. The molecule has 3 aromatic carbocycles. The van der Waals surface area contributed by atoms with E-state index in [1.54, 1.807) is 11.1 Å². The molecule has 1 amide bonds. The van der Waals surface area contributed by atoms with Crippen LogP contribution in [0.25, 0.3) is 22.0 Å². The Bertz CT molecular complexity index is 1300. The van der Waals surface area contributed by atoms with Crippen LogP contribution in [0.15, 0.2) is 66.9 Å². The number of aromatic amines is 1. The lowest BCUT2D eigenvalue weighted by Gasteiger charge is -2.31. The highest BCUT2D eigenvalue weighted by atomic mass is 35.5. The summed E-state index contributed by atoms with van der Waals surface area (Å²) in [6.45, 7) is 3.09. The molecule has 0 saturated heterocycles. The van der Waals surface area contributed by atoms with Crippen LogP contribution < -0.4 is 4.74 Å². The molecule has 0 spiro atoms. The molecule has 0 radical (unpaired) electrons. The van der Waals surface area contributed by atoms with Gasteiger partial charge >= 0.3 is 0 Å². The van der Waals surface area contributed by atoms with E-state index in [1.807, 2.05) is 88.7 Å². The molecule has 1 aromatic heterocycles. The lowest BCUT2D eigenvalue weighted by Crippen LogP contribution is -2.37. The van der Waals surface area contributed by atoms with Crippen molar-refractivity contribution in [3.05, 3.63) is 83.0 Å². The zero-order chi connectivity index (χ0) is 24.2. The molecule has 4 rings (SSSR count). The number of nitrogens with zero attached hydrogens (tertiary/aromatic N) is 3. The first-order chi connectivity index (χ1) is 16.4. The maximum Gasteiger partial charge on any atom is 0.254 e. The van der Waals surface area contributed by atoms with E-state index in [9.17, 15) is 4.79 Å². The van der Waals surface area contributed by atoms with Crippen LogP contribution in [0.2, 0.25) is 5.02 Å². The number of aromatic nitrogens is 2. The van der Waals surface area contributed by atoms with Gasteiger partial charge in [-0.3, -0.25) is 9.89 Å². The third-order valence-electron chi connectivity index (χ3n) is 5.86. The second-order valence-corrected chi connectivity index (χ2v) is 8.97. The van der Waals surface area contributed by atoms with Gasteiger partial charge in [0.25, 0.3) is 5.91 Å². The molecule has 0 aliphatic carbocycles. The Morgan fingerprint density at radius 2 is 1.88 bits per heavy atom. The van der Waals surface area contributed by atoms with Crippen LogP contribution in [-0.4, -0.2) is 60.2 Å². The first kappa shape index (κ1) is 23.8. The quantitative estimate of drug-likeness (QED) is 0.356. The lowest BCUT2D eigenvalue weighted by atomic mass is 9.99. The zero-order valence-electron chi connectivity index (χ0n) is 19.9. The third kappa shape index (κ3) is 4.93. The first-order valence-electron chi connectivity index (χ1n) is 11.3. The number of fused-ring (bicyclic) bond motifs is 1. The highest BCUT2D eigenvalue weighted by molar-refractivity contribution is 6.30. The Labute approximate surface area is 205 Å². The molecular formula is C27H29ClN4O2. The highest BCUT2D eigenvalue weighted by Gasteiger charge is 2.26. The summed E-state index contributed by atoms with van der Waals surface area (Å²) >= 11 is 6.20. The number of carbonyl (C=O) groups is 1. The molecule has 0 bridgehead atoms. The van der Waals surface area contributed by atoms with Crippen molar-refractivity contribution in [1.82, 2.24) is 20.0 Å². The fourth-order valence-corrected chi connectivity index (χ4v) is 4.41. The molecule has 1 N–H and O–H groups in total. The standard InChI is InChI=1S/C27H29ClN4O2/c1-5-34-25-15-19(12-13-22(25)18-8-6-10-21(28)14-18)27(33)32(4)24(17-31(2)3)23-11-7-9-20-16-29-30-26(20)23/h6-16,24H,5,17H2,1-4H3,(H,29,30)/t24-/m1/s1. The van der Waals surface area contributed by atoms with Crippen molar-refractivity contribution in [3.8, 4) is 16.9 Å². The normalized spacial score (nSPS) is 12.2. The fraction of sp³-hybridized carbons (Fsp3) is 0.259. The molecule has 34 heavy (non-hydrogen) atoms. The Hall–Kier alpha value is -3.35. The van der Waals surface area contributed by atoms with Crippen LogP contribution in [0.1, 0.15) is 28.9 Å². The van der Waals surface area contributed by atoms with Crippen molar-refractivity contribution in [1.29, 1.82) is 0 Å². The van der Waals surface area contributed by atoms with E-state index in [0.717, 1.165) is 27.6 Å². The van der Waals surface area contributed by atoms with Gasteiger partial charge in [-0.2, -0.15) is 5.10 Å². The summed E-state index contributed by atoms with van der Waals surface area (Å²) in [5.74, 6) is 0.575. The van der Waals surface area contributed by atoms with Gasteiger partial charge in [0, 0.05) is 40.7 Å². The van der Waals surface area contributed by atoms with Crippen LogP contribution in [-0.2, 0) is 0 Å². The predicted octanol–water partition coefficient (Wildman–Crippen LogP) is 5.66. The molecule has 0 fully saturated rings. The van der Waals surface area contributed by atoms with Gasteiger partial charge in [-0.1, -0.05) is 41.9 Å². The molecule has 0 aliphatic heterocycles. The number of nitrogens with one attached hydrogen (secondary N) is 1. The van der Waals surface area contributed by atoms with Crippen molar-refractivity contribution in [2.24, 2.45) is 0 Å². The van der Waals surface area contributed by atoms with E-state index in [0.29, 0.717) is 29.5 Å². The summed E-state index contributed by atoms with van der Waals surface area (Å²) in [5.41, 5.74) is 4.38. The number of carbonyl (C=O) groups excluding carboxylic acids is 1. The molecule has 0 aliphatic rings. The SMILES string of the molecule is CCOc1cc(C(=O)N(C)[C@H](CN(C)C)c2cccc3cn[nH]c23)ccc1-c1cccc(Cl)c1. The van der Waals surface area contributed by atoms with Gasteiger partial charge in [0.05, 0.1) is 24.4 Å². The number of hydrogen-bond acceptors (Lipinski definition) is 4. The molecule has 4 aromatic rings. The number of benzene rings is 3. The van der Waals surface area contributed by atoms with Gasteiger partial charge in [-0.05, 0) is 56.9 Å². The van der Waals surface area contributed by atoms with Gasteiger partial charge in [0.1, 0.15) is 5.75 Å². The second kappa shape index (κ2) is 10.3. The van der Waals surface area contributed by atoms with Crippen LogP contribution >= 0.6 is 11.6 Å². The van der Waals surface area contributed by atoms with Gasteiger partial charge in [0.15, 0.2) is 0 Å². The van der Waals surface area contributed by atoms with E-state index in [-0.39, 0.29) is 11.9 Å². The Balaban J connectivity index is 1.71. The molecule has 0 unspecified atom stereocenters. The molecule has 7 heteroatoms. The van der Waals surface area contributed by atoms with E-state index in [1.165, 1.54) is 0 Å². The van der Waals surface area contributed by atoms with Gasteiger partial charge in [-0.25, -0.2) is 0 Å². The second-order valence-electron chi connectivity index (χ2n) is 8.53. The maximum atomic E-state index is 13.7. The minimum Gasteiger partial charge on any atom is -0.493 e. The minimum absolute atomic E-state index is 0.0815. The summed E-state index contributed by atoms with van der Waals surface area (Å²) in [5, 5.41) is 8.96. The summed E-state index contributed by atoms with van der Waals surface area (Å²) in [6, 6.07) is 19.1. The van der Waals surface area contributed by atoms with Crippen LogP contribution in [0.5, 0.6) is 5.75 Å². The summed E-state index contributed by atoms with van der Waals surface area (Å²) in [6.07, 6.45) is 1.80. The number of hydrogen-bond donors (Lipinski definition) is 1. The predicted molar refractivity (Wildman–Crippen MR) is 138 cm³/mol. The van der Waals surface area contributed by atoms with Crippen LogP contribution in [0.4, 0.5) is 0 Å². The number of rotatable bonds is 8. The van der Waals surface area contributed by atoms with Crippen molar-refractivity contribution in [3.63, 3.8) is 0 Å². The number of ether oxygens (including phenoxy) is 1. The minimum atomic E-state index is -0.171. The molecule has 1 atom stereocenters. The summed E-state index contributed by atoms with van der Waals surface area (Å²) in [4.78, 5) is 17.6. The number of H-pyrrole nitrogens is 1. The molecule has 1 heterocycles. The van der Waals surface area contributed by atoms with Gasteiger partial charge < -0.3 is 14.5 Å². The maximum absolute atomic E-state index is 13.7. The molecule has 6 nitrogen and oxygen atoms in total. The van der Waals surface area contributed by atoms with Crippen molar-refractivity contribution >= 4 is 28.4 Å². The lowest BCUT2D eigenvalue weighted by molar-refractivity contribution is 0.0706. The first-order valence-corrected chi connectivity index (χ1v) is 11.6. The Kier molecular flexibility index (Phi) is 7.20. The summed E-state index contributed by atoms with van der Waals surface area (Å²) < 4.78 is 5.92. The number of likely N-dealkylation sites (N-methyl/N-ethyl adjacent to an activating group) is 2. The van der Waals surface area contributed by atoms with Gasteiger partial charge in [0.2, 0.25) is 0 Å². The van der Waals surface area contributed by atoms with Crippen LogP contribution in [0.3, 0.4) is 0 Å². The van der Waals surface area contributed by atoms with Crippen molar-refractivity contribution in [2.45, 2.75) is 13.0 Å². The van der Waals surface area contributed by atoms with Gasteiger partial charge in [-0.15, -0.1) is 0 Å². The van der Waals surface area contributed by atoms with E-state index in [4.69, 9.17) is 16.3 Å². The molecule has 176 valence electrons. The topological polar surface area (TPSA) is 61.5 Å². The number of amides is 1. The monoisotopic (exact) mass is 476 g/mol. The molecule has 0 saturated carbocycles. The van der Waals surface area contributed by atoms with E-state index >= 15 is 0 Å². The third-order valence-corrected chi connectivity index (χ3v) is 6.09. The molecular weight excluding hydrogens is 448 g/mol. The number of para-hydroxylation sites is 1. The van der Waals surface area contributed by atoms with E-state index < -0.39 is 0 Å². The fourth-order valence-electron chi connectivity index (χ4n) is 4.21. The largest absolute Gasteiger partial charge is 0.493 e. The van der Waals surface area contributed by atoms with Crippen molar-refractivity contribution in [2.75, 3.05) is 34.3 Å². The Morgan fingerprint density at radius 1 is 1.09 bits per heavy atom. The highest BCUT2D eigenvalue weighted by Crippen LogP contribution is 2.34. The smallest absolute Gasteiger partial charge is 0.254 e. The average molecular weight is 477 g/mol. The van der Waals surface area contributed by atoms with Crippen molar-refractivity contribution < 1.29 is 9.53 Å². The van der Waals surface area contributed by atoms with Crippen LogP contribution in [0, 0.1) is 0 Å². The number of halogens is 1.